The zero-order chi connectivity index (χ0) is 22.7. The molecule has 0 radical (unpaired) electrons. The summed E-state index contributed by atoms with van der Waals surface area (Å²) in [5.41, 5.74) is 5.98. The van der Waals surface area contributed by atoms with E-state index in [1.165, 1.54) is 11.1 Å². The molecule has 2 aromatic rings. The molecule has 6 nitrogen and oxygen atoms in total. The summed E-state index contributed by atoms with van der Waals surface area (Å²) >= 11 is 0. The van der Waals surface area contributed by atoms with E-state index < -0.39 is 0 Å². The Morgan fingerprint density at radius 3 is 2.13 bits per heavy atom. The zero-order valence-corrected chi connectivity index (χ0v) is 19.4. The number of carbonyl (C=O) groups is 2. The lowest BCUT2D eigenvalue weighted by Gasteiger charge is -2.35. The molecule has 1 aliphatic rings. The third kappa shape index (κ3) is 4.74. The van der Waals surface area contributed by atoms with Crippen LogP contribution in [0.1, 0.15) is 49.9 Å². The molecule has 31 heavy (non-hydrogen) atoms. The first-order valence-electron chi connectivity index (χ1n) is 10.6. The third-order valence-corrected chi connectivity index (χ3v) is 6.15. The monoisotopic (exact) mass is 424 g/mol. The Balaban J connectivity index is 1.69. The van der Waals surface area contributed by atoms with Gasteiger partial charge in [0, 0.05) is 43.9 Å². The van der Waals surface area contributed by atoms with Crippen molar-refractivity contribution in [2.75, 3.05) is 40.4 Å². The van der Waals surface area contributed by atoms with Gasteiger partial charge in [0.2, 0.25) is 0 Å². The quantitative estimate of drug-likeness (QED) is 0.661. The van der Waals surface area contributed by atoms with Crippen molar-refractivity contribution < 1.29 is 19.1 Å². The van der Waals surface area contributed by atoms with Gasteiger partial charge in [-0.05, 0) is 68.1 Å². The number of ketones is 1. The molecule has 0 unspecified atom stereocenters. The molecule has 3 rings (SSSR count). The van der Waals surface area contributed by atoms with Gasteiger partial charge in [0.15, 0.2) is 17.3 Å². The van der Waals surface area contributed by atoms with E-state index >= 15 is 0 Å². The highest BCUT2D eigenvalue weighted by Crippen LogP contribution is 2.28. The molecule has 0 N–H and O–H groups in total. The molecule has 0 bridgehead atoms. The highest BCUT2D eigenvalue weighted by atomic mass is 16.5. The molecule has 0 atom stereocenters. The summed E-state index contributed by atoms with van der Waals surface area (Å²) in [5, 5.41) is 0. The number of rotatable bonds is 6. The molecule has 0 aliphatic carbocycles. The molecule has 6 heteroatoms. The smallest absolute Gasteiger partial charge is 0.254 e. The van der Waals surface area contributed by atoms with E-state index in [2.05, 4.69) is 17.9 Å². The first-order valence-corrected chi connectivity index (χ1v) is 10.6. The normalized spacial score (nSPS) is 14.5. The fourth-order valence-electron chi connectivity index (χ4n) is 4.50. The SMILES string of the molecule is COc1ccc(C(=O)N2CCN(Cc3c(C)cc(C)c(C(C)=O)c3C)CC2)cc1OC. The summed E-state index contributed by atoms with van der Waals surface area (Å²) < 4.78 is 10.6. The molecule has 1 aliphatic heterocycles. The number of carbonyl (C=O) groups excluding carboxylic acids is 2. The van der Waals surface area contributed by atoms with Crippen molar-refractivity contribution in [3.8, 4) is 11.5 Å². The van der Waals surface area contributed by atoms with Crippen LogP contribution in [-0.4, -0.2) is 61.9 Å². The van der Waals surface area contributed by atoms with E-state index in [1.807, 2.05) is 18.7 Å². The Kier molecular flexibility index (Phi) is 7.01. The number of benzene rings is 2. The average Bonchev–Trinajstić information content (AvgIpc) is 2.75. The molecular formula is C25H32N2O4. The number of nitrogens with zero attached hydrogens (tertiary/aromatic N) is 2. The number of Topliss-reactive ketones (excluding diaryl/α,β-unsaturated/α-hetero) is 1. The second-order valence-electron chi connectivity index (χ2n) is 8.18. The topological polar surface area (TPSA) is 59.1 Å². The van der Waals surface area contributed by atoms with E-state index in [4.69, 9.17) is 9.47 Å². The van der Waals surface area contributed by atoms with Gasteiger partial charge in [0.05, 0.1) is 14.2 Å². The number of methoxy groups -OCH3 is 2. The van der Waals surface area contributed by atoms with Crippen molar-refractivity contribution in [2.45, 2.75) is 34.2 Å². The van der Waals surface area contributed by atoms with Crippen molar-refractivity contribution in [3.63, 3.8) is 0 Å². The van der Waals surface area contributed by atoms with E-state index in [0.29, 0.717) is 30.2 Å². The lowest BCUT2D eigenvalue weighted by Crippen LogP contribution is -2.48. The van der Waals surface area contributed by atoms with Crippen LogP contribution in [0.25, 0.3) is 0 Å². The van der Waals surface area contributed by atoms with Gasteiger partial charge in [0.25, 0.3) is 5.91 Å². The van der Waals surface area contributed by atoms with Crippen LogP contribution in [-0.2, 0) is 6.54 Å². The molecule has 166 valence electrons. The molecule has 1 heterocycles. The van der Waals surface area contributed by atoms with Gasteiger partial charge in [-0.15, -0.1) is 0 Å². The third-order valence-electron chi connectivity index (χ3n) is 6.15. The summed E-state index contributed by atoms with van der Waals surface area (Å²) in [5.74, 6) is 1.28. The molecule has 2 aromatic carbocycles. The number of amides is 1. The van der Waals surface area contributed by atoms with Crippen LogP contribution in [0.4, 0.5) is 0 Å². The Labute approximate surface area is 184 Å². The number of piperazine rings is 1. The largest absolute Gasteiger partial charge is 0.493 e. The van der Waals surface area contributed by atoms with Crippen molar-refractivity contribution in [2.24, 2.45) is 0 Å². The number of aryl methyl sites for hydroxylation is 2. The van der Waals surface area contributed by atoms with Gasteiger partial charge in [-0.3, -0.25) is 14.5 Å². The molecular weight excluding hydrogens is 392 g/mol. The minimum absolute atomic E-state index is 0.00201. The molecule has 1 fully saturated rings. The van der Waals surface area contributed by atoms with Crippen molar-refractivity contribution in [3.05, 3.63) is 57.6 Å². The maximum absolute atomic E-state index is 13.0. The number of ether oxygens (including phenoxy) is 2. The maximum atomic E-state index is 13.0. The molecule has 1 amide bonds. The van der Waals surface area contributed by atoms with Crippen LogP contribution in [0.5, 0.6) is 11.5 Å². The molecule has 0 spiro atoms. The van der Waals surface area contributed by atoms with Gasteiger partial charge in [-0.2, -0.15) is 0 Å². The van der Waals surface area contributed by atoms with Crippen LogP contribution in [0.15, 0.2) is 24.3 Å². The van der Waals surface area contributed by atoms with Gasteiger partial charge in [-0.25, -0.2) is 0 Å². The summed E-state index contributed by atoms with van der Waals surface area (Å²) in [4.78, 5) is 29.3. The fourth-order valence-corrected chi connectivity index (χ4v) is 4.50. The first kappa shape index (κ1) is 22.8. The predicted octanol–water partition coefficient (Wildman–Crippen LogP) is 3.79. The predicted molar refractivity (Wildman–Crippen MR) is 121 cm³/mol. The maximum Gasteiger partial charge on any atom is 0.254 e. The van der Waals surface area contributed by atoms with Gasteiger partial charge in [-0.1, -0.05) is 6.07 Å². The second kappa shape index (κ2) is 9.52. The Bertz CT molecular complexity index is 992. The van der Waals surface area contributed by atoms with E-state index in [0.717, 1.165) is 36.3 Å². The Morgan fingerprint density at radius 1 is 0.903 bits per heavy atom. The lowest BCUT2D eigenvalue weighted by molar-refractivity contribution is 0.0627. The van der Waals surface area contributed by atoms with Crippen LogP contribution in [0, 0.1) is 20.8 Å². The lowest BCUT2D eigenvalue weighted by atomic mass is 9.91. The van der Waals surface area contributed by atoms with Crippen LogP contribution in [0.3, 0.4) is 0 Å². The highest BCUT2D eigenvalue weighted by molar-refractivity contribution is 5.97. The number of hydrogen-bond acceptors (Lipinski definition) is 5. The first-order chi connectivity index (χ1) is 14.8. The van der Waals surface area contributed by atoms with Crippen molar-refractivity contribution in [1.29, 1.82) is 0 Å². The average molecular weight is 425 g/mol. The summed E-state index contributed by atoms with van der Waals surface area (Å²) in [6, 6.07) is 7.38. The van der Waals surface area contributed by atoms with E-state index in [-0.39, 0.29) is 11.7 Å². The van der Waals surface area contributed by atoms with Crippen LogP contribution >= 0.6 is 0 Å². The summed E-state index contributed by atoms with van der Waals surface area (Å²) in [6.45, 7) is 11.5. The minimum Gasteiger partial charge on any atom is -0.493 e. The Morgan fingerprint density at radius 2 is 1.55 bits per heavy atom. The standard InChI is InChI=1S/C25H32N2O4/c1-16-13-17(2)24(19(4)28)18(3)21(16)15-26-9-11-27(12-10-26)25(29)20-7-8-22(30-5)23(14-20)31-6/h7-8,13-14H,9-12,15H2,1-6H3. The molecule has 0 aromatic heterocycles. The van der Waals surface area contributed by atoms with Crippen LogP contribution < -0.4 is 9.47 Å². The van der Waals surface area contributed by atoms with Gasteiger partial charge in [0.1, 0.15) is 0 Å². The highest BCUT2D eigenvalue weighted by Gasteiger charge is 2.24. The van der Waals surface area contributed by atoms with E-state index in [1.54, 1.807) is 39.3 Å². The molecule has 0 saturated carbocycles. The fraction of sp³-hybridized carbons (Fsp3) is 0.440. The van der Waals surface area contributed by atoms with Crippen LogP contribution in [0.2, 0.25) is 0 Å². The number of hydrogen-bond donors (Lipinski definition) is 0. The van der Waals surface area contributed by atoms with Crippen molar-refractivity contribution in [1.82, 2.24) is 9.80 Å². The van der Waals surface area contributed by atoms with Crippen molar-refractivity contribution >= 4 is 11.7 Å². The second-order valence-corrected chi connectivity index (χ2v) is 8.18. The van der Waals surface area contributed by atoms with E-state index in [9.17, 15) is 9.59 Å². The minimum atomic E-state index is 0.00201. The van der Waals surface area contributed by atoms with Gasteiger partial charge >= 0.3 is 0 Å². The summed E-state index contributed by atoms with van der Waals surface area (Å²) in [6.07, 6.45) is 0. The molecule has 1 saturated heterocycles. The summed E-state index contributed by atoms with van der Waals surface area (Å²) in [7, 11) is 3.15. The zero-order valence-electron chi connectivity index (χ0n) is 19.4. The Hall–Kier alpha value is -2.86. The van der Waals surface area contributed by atoms with Gasteiger partial charge < -0.3 is 14.4 Å².